The molecule has 0 aliphatic carbocycles. The summed E-state index contributed by atoms with van der Waals surface area (Å²) >= 11 is 0. The second-order valence-electron chi connectivity index (χ2n) is 4.85. The van der Waals surface area contributed by atoms with Crippen molar-refractivity contribution < 1.29 is 23.5 Å². The van der Waals surface area contributed by atoms with E-state index in [4.69, 9.17) is 14.2 Å². The largest absolute Gasteiger partial charge is 0.396 e. The SMILES string of the molecule is CCOP(=O)(CC(=O)N1CCCCC1CCO)OCC. The van der Waals surface area contributed by atoms with Gasteiger partial charge in [-0.2, -0.15) is 0 Å². The second kappa shape index (κ2) is 8.78. The van der Waals surface area contributed by atoms with Gasteiger partial charge in [0, 0.05) is 19.2 Å². The van der Waals surface area contributed by atoms with Gasteiger partial charge in [-0.1, -0.05) is 0 Å². The molecule has 0 saturated carbocycles. The van der Waals surface area contributed by atoms with Crippen LogP contribution in [-0.4, -0.2) is 54.5 Å². The monoisotopic (exact) mass is 307 g/mol. The molecule has 1 unspecified atom stereocenters. The fourth-order valence-corrected chi connectivity index (χ4v) is 4.11. The van der Waals surface area contributed by atoms with Crippen LogP contribution in [0.1, 0.15) is 39.5 Å². The van der Waals surface area contributed by atoms with Gasteiger partial charge < -0.3 is 19.1 Å². The minimum atomic E-state index is -3.34. The lowest BCUT2D eigenvalue weighted by molar-refractivity contribution is -0.132. The lowest BCUT2D eigenvalue weighted by Crippen LogP contribution is -2.45. The highest BCUT2D eigenvalue weighted by atomic mass is 31.2. The van der Waals surface area contributed by atoms with Gasteiger partial charge in [-0.25, -0.2) is 0 Å². The van der Waals surface area contributed by atoms with E-state index in [9.17, 15) is 9.36 Å². The minimum absolute atomic E-state index is 0.0398. The number of carbonyl (C=O) groups excluding carboxylic acids is 1. The zero-order chi connectivity index (χ0) is 15.0. The van der Waals surface area contributed by atoms with Crippen LogP contribution >= 0.6 is 7.60 Å². The summed E-state index contributed by atoms with van der Waals surface area (Å²) in [6, 6.07) is 0.0398. The van der Waals surface area contributed by atoms with Crippen LogP contribution < -0.4 is 0 Å². The second-order valence-corrected chi connectivity index (χ2v) is 6.91. The van der Waals surface area contributed by atoms with E-state index in [-0.39, 0.29) is 37.9 Å². The zero-order valence-corrected chi connectivity index (χ0v) is 13.3. The Hall–Kier alpha value is -0.420. The molecule has 1 atom stereocenters. The highest BCUT2D eigenvalue weighted by molar-refractivity contribution is 7.54. The lowest BCUT2D eigenvalue weighted by Gasteiger charge is -2.36. The first kappa shape index (κ1) is 17.6. The quantitative estimate of drug-likeness (QED) is 0.694. The van der Waals surface area contributed by atoms with Crippen molar-refractivity contribution in [1.82, 2.24) is 4.90 Å². The maximum Gasteiger partial charge on any atom is 0.340 e. The summed E-state index contributed by atoms with van der Waals surface area (Å²) in [5.74, 6) is -0.201. The van der Waals surface area contributed by atoms with Gasteiger partial charge in [0.25, 0.3) is 0 Å². The topological polar surface area (TPSA) is 76.1 Å². The molecule has 0 bridgehead atoms. The molecule has 1 rings (SSSR count). The first-order valence-corrected chi connectivity index (χ1v) is 9.07. The van der Waals surface area contributed by atoms with Crippen molar-refractivity contribution in [2.75, 3.05) is 32.5 Å². The molecule has 0 aromatic carbocycles. The third-order valence-corrected chi connectivity index (χ3v) is 5.35. The van der Waals surface area contributed by atoms with Crippen molar-refractivity contribution in [3.8, 4) is 0 Å². The number of aliphatic hydroxyl groups excluding tert-OH is 1. The number of piperidine rings is 1. The molecule has 1 heterocycles. The molecule has 1 amide bonds. The van der Waals surface area contributed by atoms with E-state index in [1.165, 1.54) is 0 Å². The molecule has 20 heavy (non-hydrogen) atoms. The summed E-state index contributed by atoms with van der Waals surface area (Å²) < 4.78 is 22.7. The van der Waals surface area contributed by atoms with E-state index >= 15 is 0 Å². The first-order valence-electron chi connectivity index (χ1n) is 7.34. The Morgan fingerprint density at radius 2 is 1.95 bits per heavy atom. The Balaban J connectivity index is 2.68. The fourth-order valence-electron chi connectivity index (χ4n) is 2.56. The number of aliphatic hydroxyl groups is 1. The highest BCUT2D eigenvalue weighted by Crippen LogP contribution is 2.48. The van der Waals surface area contributed by atoms with Crippen molar-refractivity contribution in [1.29, 1.82) is 0 Å². The van der Waals surface area contributed by atoms with Gasteiger partial charge in [0.1, 0.15) is 6.16 Å². The predicted molar refractivity (Wildman–Crippen MR) is 76.8 cm³/mol. The summed E-state index contributed by atoms with van der Waals surface area (Å²) in [5.41, 5.74) is 0. The molecule has 1 aliphatic rings. The Labute approximate surface area is 121 Å². The van der Waals surface area contributed by atoms with Crippen molar-refractivity contribution in [3.05, 3.63) is 0 Å². The number of nitrogens with zero attached hydrogens (tertiary/aromatic N) is 1. The summed E-state index contributed by atoms with van der Waals surface area (Å²) in [4.78, 5) is 14.1. The average molecular weight is 307 g/mol. The van der Waals surface area contributed by atoms with Crippen LogP contribution in [-0.2, 0) is 18.4 Å². The number of amides is 1. The fraction of sp³-hybridized carbons (Fsp3) is 0.923. The van der Waals surface area contributed by atoms with E-state index in [0.717, 1.165) is 19.3 Å². The molecule has 0 spiro atoms. The molecule has 1 saturated heterocycles. The lowest BCUT2D eigenvalue weighted by atomic mass is 10.00. The molecule has 118 valence electrons. The molecule has 1 aliphatic heterocycles. The van der Waals surface area contributed by atoms with Crippen LogP contribution in [0.25, 0.3) is 0 Å². The van der Waals surface area contributed by atoms with E-state index in [1.54, 1.807) is 18.7 Å². The van der Waals surface area contributed by atoms with E-state index in [1.807, 2.05) is 0 Å². The van der Waals surface area contributed by atoms with Crippen molar-refractivity contribution in [2.24, 2.45) is 0 Å². The molecule has 1 N–H and O–H groups in total. The Bertz CT molecular complexity index is 338. The van der Waals surface area contributed by atoms with Gasteiger partial charge >= 0.3 is 7.60 Å². The summed E-state index contributed by atoms with van der Waals surface area (Å²) in [6.45, 7) is 4.68. The Kier molecular flexibility index (Phi) is 7.74. The maximum atomic E-state index is 12.4. The Morgan fingerprint density at radius 1 is 1.30 bits per heavy atom. The standard InChI is InChI=1S/C13H26NO5P/c1-3-18-20(17,19-4-2)11-13(16)14-9-6-5-7-12(14)8-10-15/h12,15H,3-11H2,1-2H3. The normalized spacial score (nSPS) is 20.1. The zero-order valence-electron chi connectivity index (χ0n) is 12.4. The van der Waals surface area contributed by atoms with Crippen LogP contribution in [0.4, 0.5) is 0 Å². The van der Waals surface area contributed by atoms with Gasteiger partial charge in [-0.15, -0.1) is 0 Å². The van der Waals surface area contributed by atoms with Crippen LogP contribution in [0.15, 0.2) is 0 Å². The minimum Gasteiger partial charge on any atom is -0.396 e. The van der Waals surface area contributed by atoms with E-state index in [0.29, 0.717) is 13.0 Å². The molecular weight excluding hydrogens is 281 g/mol. The van der Waals surface area contributed by atoms with Gasteiger partial charge in [0.2, 0.25) is 5.91 Å². The van der Waals surface area contributed by atoms with Crippen LogP contribution in [0, 0.1) is 0 Å². The Morgan fingerprint density at radius 3 is 2.50 bits per heavy atom. The third kappa shape index (κ3) is 5.17. The predicted octanol–water partition coefficient (Wildman–Crippen LogP) is 2.02. The molecule has 0 aromatic heterocycles. The number of likely N-dealkylation sites (tertiary alicyclic amines) is 1. The molecule has 0 radical (unpaired) electrons. The third-order valence-electron chi connectivity index (χ3n) is 3.39. The van der Waals surface area contributed by atoms with E-state index < -0.39 is 7.60 Å². The molecular formula is C13H26NO5P. The van der Waals surface area contributed by atoms with Gasteiger partial charge in [0.15, 0.2) is 0 Å². The smallest absolute Gasteiger partial charge is 0.340 e. The average Bonchev–Trinajstić information content (AvgIpc) is 2.40. The first-order chi connectivity index (χ1) is 9.56. The highest BCUT2D eigenvalue weighted by Gasteiger charge is 2.33. The van der Waals surface area contributed by atoms with Gasteiger partial charge in [-0.05, 0) is 39.5 Å². The number of hydrogen-bond acceptors (Lipinski definition) is 5. The maximum absolute atomic E-state index is 12.4. The van der Waals surface area contributed by atoms with Crippen LogP contribution in [0.5, 0.6) is 0 Å². The number of carbonyl (C=O) groups is 1. The van der Waals surface area contributed by atoms with Gasteiger partial charge in [0.05, 0.1) is 13.2 Å². The molecule has 0 aromatic rings. The van der Waals surface area contributed by atoms with Crippen molar-refractivity contribution in [3.63, 3.8) is 0 Å². The summed E-state index contributed by atoms with van der Waals surface area (Å²) in [7, 11) is -3.34. The summed E-state index contributed by atoms with van der Waals surface area (Å²) in [6.07, 6.45) is 3.25. The number of hydrogen-bond donors (Lipinski definition) is 1. The van der Waals surface area contributed by atoms with Crippen molar-refractivity contribution >= 4 is 13.5 Å². The molecule has 7 heteroatoms. The van der Waals surface area contributed by atoms with Crippen LogP contribution in [0.2, 0.25) is 0 Å². The summed E-state index contributed by atoms with van der Waals surface area (Å²) in [5, 5.41) is 9.08. The van der Waals surface area contributed by atoms with Gasteiger partial charge in [-0.3, -0.25) is 9.36 Å². The number of rotatable bonds is 8. The van der Waals surface area contributed by atoms with E-state index in [2.05, 4.69) is 0 Å². The molecule has 1 fully saturated rings. The molecule has 6 nitrogen and oxygen atoms in total. The van der Waals surface area contributed by atoms with Crippen molar-refractivity contribution in [2.45, 2.75) is 45.6 Å². The van der Waals surface area contributed by atoms with Crippen LogP contribution in [0.3, 0.4) is 0 Å².